The molecule has 0 aliphatic rings. The Morgan fingerprint density at radius 1 is 1.24 bits per heavy atom. The first kappa shape index (κ1) is 14.0. The molecule has 1 aromatic carbocycles. The summed E-state index contributed by atoms with van der Waals surface area (Å²) in [4.78, 5) is 12.0. The number of rotatable bonds is 3. The Balaban J connectivity index is 2.66. The number of carbonyl (C=O) groups excluding carboxylic acids is 1. The van der Waals surface area contributed by atoms with Crippen LogP contribution in [0, 0.1) is 5.41 Å². The zero-order valence-corrected chi connectivity index (χ0v) is 11.6. The van der Waals surface area contributed by atoms with Gasteiger partial charge in [-0.3, -0.25) is 4.79 Å². The highest BCUT2D eigenvalue weighted by Crippen LogP contribution is 2.23. The maximum atomic E-state index is 12.0. The van der Waals surface area contributed by atoms with Crippen LogP contribution >= 0.6 is 11.6 Å². The molecule has 17 heavy (non-hydrogen) atoms. The summed E-state index contributed by atoms with van der Waals surface area (Å²) in [6, 6.07) is 9.47. The lowest BCUT2D eigenvalue weighted by Gasteiger charge is -2.28. The summed E-state index contributed by atoms with van der Waals surface area (Å²) in [6.45, 7) is 8.25. The van der Waals surface area contributed by atoms with Crippen molar-refractivity contribution in [1.82, 2.24) is 5.32 Å². The second kappa shape index (κ2) is 5.54. The van der Waals surface area contributed by atoms with Gasteiger partial charge in [-0.15, -0.1) is 11.6 Å². The molecule has 1 N–H and O–H groups in total. The zero-order chi connectivity index (χ0) is 13.1. The second-order valence-electron chi connectivity index (χ2n) is 5.37. The molecule has 0 heterocycles. The number of carbonyl (C=O) groups is 1. The predicted octanol–water partition coefficient (Wildman–Crippen LogP) is 3.52. The van der Waals surface area contributed by atoms with Crippen molar-refractivity contribution < 1.29 is 4.79 Å². The highest BCUT2D eigenvalue weighted by atomic mass is 35.5. The van der Waals surface area contributed by atoms with Crippen molar-refractivity contribution in [3.63, 3.8) is 0 Å². The molecule has 0 aliphatic heterocycles. The number of hydrogen-bond acceptors (Lipinski definition) is 1. The first-order chi connectivity index (χ1) is 7.82. The molecular formula is C14H20ClNO. The molecule has 0 aliphatic carbocycles. The van der Waals surface area contributed by atoms with E-state index in [0.717, 1.165) is 5.56 Å². The Labute approximate surface area is 108 Å². The lowest BCUT2D eigenvalue weighted by atomic mass is 9.88. The van der Waals surface area contributed by atoms with Crippen molar-refractivity contribution in [2.24, 2.45) is 5.41 Å². The molecule has 0 radical (unpaired) electrons. The number of nitrogens with one attached hydrogen (secondary N) is 1. The Hall–Kier alpha value is -1.02. The van der Waals surface area contributed by atoms with Crippen LogP contribution in [-0.4, -0.2) is 11.9 Å². The number of hydrogen-bond donors (Lipinski definition) is 1. The average Bonchev–Trinajstić information content (AvgIpc) is 2.27. The number of alkyl halides is 1. The third kappa shape index (κ3) is 4.04. The SMILES string of the molecule is CC(NC(=O)C(Cl)c1ccccc1)C(C)(C)C. The van der Waals surface area contributed by atoms with Gasteiger partial charge in [-0.1, -0.05) is 51.1 Å². The minimum absolute atomic E-state index is 0.0307. The van der Waals surface area contributed by atoms with E-state index in [1.807, 2.05) is 37.3 Å². The van der Waals surface area contributed by atoms with Crippen LogP contribution in [0.3, 0.4) is 0 Å². The van der Waals surface area contributed by atoms with Crippen LogP contribution < -0.4 is 5.32 Å². The topological polar surface area (TPSA) is 29.1 Å². The summed E-state index contributed by atoms with van der Waals surface area (Å²) < 4.78 is 0. The molecule has 0 aromatic heterocycles. The minimum atomic E-state index is -0.624. The molecule has 0 saturated carbocycles. The third-order valence-electron chi connectivity index (χ3n) is 2.98. The monoisotopic (exact) mass is 253 g/mol. The molecule has 1 rings (SSSR count). The van der Waals surface area contributed by atoms with Crippen LogP contribution in [-0.2, 0) is 4.79 Å². The summed E-state index contributed by atoms with van der Waals surface area (Å²) >= 11 is 6.14. The van der Waals surface area contributed by atoms with E-state index in [1.165, 1.54) is 0 Å². The standard InChI is InChI=1S/C14H20ClNO/c1-10(14(2,3)4)16-13(17)12(15)11-8-6-5-7-9-11/h5-10,12H,1-4H3,(H,16,17). The minimum Gasteiger partial charge on any atom is -0.352 e. The van der Waals surface area contributed by atoms with Gasteiger partial charge >= 0.3 is 0 Å². The van der Waals surface area contributed by atoms with Crippen LogP contribution in [0.25, 0.3) is 0 Å². The fourth-order valence-electron chi connectivity index (χ4n) is 1.28. The number of halogens is 1. The van der Waals surface area contributed by atoms with Crippen LogP contribution in [0.2, 0.25) is 0 Å². The van der Waals surface area contributed by atoms with Crippen molar-refractivity contribution in [3.05, 3.63) is 35.9 Å². The van der Waals surface area contributed by atoms with E-state index >= 15 is 0 Å². The van der Waals surface area contributed by atoms with Crippen LogP contribution in [0.4, 0.5) is 0 Å². The van der Waals surface area contributed by atoms with Gasteiger partial charge in [-0.05, 0) is 17.9 Å². The molecule has 2 atom stereocenters. The molecule has 1 amide bonds. The van der Waals surface area contributed by atoms with Crippen LogP contribution in [0.5, 0.6) is 0 Å². The molecule has 94 valence electrons. The van der Waals surface area contributed by atoms with Gasteiger partial charge in [0, 0.05) is 6.04 Å². The van der Waals surface area contributed by atoms with E-state index in [4.69, 9.17) is 11.6 Å². The largest absolute Gasteiger partial charge is 0.352 e. The van der Waals surface area contributed by atoms with E-state index in [1.54, 1.807) is 0 Å². The Morgan fingerprint density at radius 2 is 1.76 bits per heavy atom. The molecule has 0 saturated heterocycles. The van der Waals surface area contributed by atoms with Crippen molar-refractivity contribution in [1.29, 1.82) is 0 Å². The van der Waals surface area contributed by atoms with Crippen molar-refractivity contribution in [2.45, 2.75) is 39.1 Å². The smallest absolute Gasteiger partial charge is 0.242 e. The summed E-state index contributed by atoms with van der Waals surface area (Å²) in [5.74, 6) is -0.139. The van der Waals surface area contributed by atoms with Gasteiger partial charge in [0.1, 0.15) is 5.38 Å². The van der Waals surface area contributed by atoms with Gasteiger partial charge < -0.3 is 5.32 Å². The van der Waals surface area contributed by atoms with Crippen molar-refractivity contribution in [3.8, 4) is 0 Å². The normalized spacial score (nSPS) is 15.1. The molecule has 0 fully saturated rings. The van der Waals surface area contributed by atoms with E-state index in [9.17, 15) is 4.79 Å². The number of amides is 1. The van der Waals surface area contributed by atoms with Gasteiger partial charge in [0.05, 0.1) is 0 Å². The van der Waals surface area contributed by atoms with Crippen LogP contribution in [0.1, 0.15) is 38.6 Å². The predicted molar refractivity (Wildman–Crippen MR) is 72.1 cm³/mol. The first-order valence-electron chi connectivity index (χ1n) is 5.82. The summed E-state index contributed by atoms with van der Waals surface area (Å²) in [7, 11) is 0. The number of benzene rings is 1. The molecule has 3 heteroatoms. The van der Waals surface area contributed by atoms with Crippen molar-refractivity contribution in [2.75, 3.05) is 0 Å². The summed E-state index contributed by atoms with van der Waals surface area (Å²) in [5.41, 5.74) is 0.857. The molecule has 0 bridgehead atoms. The van der Waals surface area contributed by atoms with Crippen LogP contribution in [0.15, 0.2) is 30.3 Å². The average molecular weight is 254 g/mol. The van der Waals surface area contributed by atoms with Gasteiger partial charge in [0.15, 0.2) is 0 Å². The Morgan fingerprint density at radius 3 is 2.24 bits per heavy atom. The fourth-order valence-corrected chi connectivity index (χ4v) is 1.48. The van der Waals surface area contributed by atoms with E-state index in [0.29, 0.717) is 0 Å². The zero-order valence-electron chi connectivity index (χ0n) is 10.8. The lowest BCUT2D eigenvalue weighted by molar-refractivity contribution is -0.122. The van der Waals surface area contributed by atoms with E-state index < -0.39 is 5.38 Å². The maximum Gasteiger partial charge on any atom is 0.242 e. The van der Waals surface area contributed by atoms with Gasteiger partial charge in [-0.2, -0.15) is 0 Å². The highest BCUT2D eigenvalue weighted by molar-refractivity contribution is 6.30. The molecular weight excluding hydrogens is 234 g/mol. The summed E-state index contributed by atoms with van der Waals surface area (Å²) in [5, 5.41) is 2.32. The van der Waals surface area contributed by atoms with E-state index in [2.05, 4.69) is 26.1 Å². The molecule has 2 nitrogen and oxygen atoms in total. The van der Waals surface area contributed by atoms with Crippen molar-refractivity contribution >= 4 is 17.5 Å². The Bertz CT molecular complexity index is 370. The summed E-state index contributed by atoms with van der Waals surface area (Å²) in [6.07, 6.45) is 0. The highest BCUT2D eigenvalue weighted by Gasteiger charge is 2.25. The fraction of sp³-hybridized carbons (Fsp3) is 0.500. The van der Waals surface area contributed by atoms with Gasteiger partial charge in [0.2, 0.25) is 5.91 Å². The quantitative estimate of drug-likeness (QED) is 0.821. The molecule has 2 unspecified atom stereocenters. The lowest BCUT2D eigenvalue weighted by Crippen LogP contribution is -2.42. The Kier molecular flexibility index (Phi) is 4.58. The van der Waals surface area contributed by atoms with Gasteiger partial charge in [0.25, 0.3) is 0 Å². The van der Waals surface area contributed by atoms with Gasteiger partial charge in [-0.25, -0.2) is 0 Å². The first-order valence-corrected chi connectivity index (χ1v) is 6.25. The molecule has 1 aromatic rings. The van der Waals surface area contributed by atoms with E-state index in [-0.39, 0.29) is 17.4 Å². The maximum absolute atomic E-state index is 12.0. The third-order valence-corrected chi connectivity index (χ3v) is 3.43. The molecule has 0 spiro atoms. The second-order valence-corrected chi connectivity index (χ2v) is 5.81.